The zero-order valence-electron chi connectivity index (χ0n) is 16.8. The van der Waals surface area contributed by atoms with Crippen LogP contribution in [0.5, 0.6) is 0 Å². The van der Waals surface area contributed by atoms with Crippen molar-refractivity contribution in [3.8, 4) is 0 Å². The summed E-state index contributed by atoms with van der Waals surface area (Å²) >= 11 is 1.46. The highest BCUT2D eigenvalue weighted by atomic mass is 32.2. The largest absolute Gasteiger partial charge is 0.324 e. The zero-order valence-corrected chi connectivity index (χ0v) is 17.6. The summed E-state index contributed by atoms with van der Waals surface area (Å²) < 4.78 is 1.51. The van der Waals surface area contributed by atoms with E-state index in [-0.39, 0.29) is 18.2 Å². The molecule has 0 aliphatic carbocycles. The van der Waals surface area contributed by atoms with Crippen LogP contribution in [0.2, 0.25) is 0 Å². The molecule has 0 fully saturated rings. The summed E-state index contributed by atoms with van der Waals surface area (Å²) in [6.45, 7) is 4.24. The molecule has 1 unspecified atom stereocenters. The van der Waals surface area contributed by atoms with Crippen LogP contribution in [0.3, 0.4) is 0 Å². The van der Waals surface area contributed by atoms with Crippen molar-refractivity contribution < 1.29 is 9.59 Å². The lowest BCUT2D eigenvalue weighted by molar-refractivity contribution is -0.125. The number of anilines is 2. The Balaban J connectivity index is 1.48. The number of fused-ring (bicyclic) bond motifs is 1. The van der Waals surface area contributed by atoms with Crippen molar-refractivity contribution >= 4 is 35.2 Å². The van der Waals surface area contributed by atoms with Gasteiger partial charge in [-0.15, -0.1) is 5.10 Å². The minimum Gasteiger partial charge on any atom is -0.324 e. The van der Waals surface area contributed by atoms with Crippen molar-refractivity contribution in [3.63, 3.8) is 0 Å². The average Bonchev–Trinajstić information content (AvgIpc) is 3.15. The second kappa shape index (κ2) is 8.71. The molecule has 1 aromatic heterocycles. The first kappa shape index (κ1) is 20.2. The molecule has 1 aliphatic rings. The van der Waals surface area contributed by atoms with Crippen molar-refractivity contribution in [1.29, 1.82) is 0 Å². The van der Waals surface area contributed by atoms with Crippen LogP contribution in [-0.4, -0.2) is 26.6 Å². The molecule has 2 N–H and O–H groups in total. The number of amides is 2. The Morgan fingerprint density at radius 2 is 1.93 bits per heavy atom. The van der Waals surface area contributed by atoms with Crippen LogP contribution in [-0.2, 0) is 15.3 Å². The molecule has 2 amide bonds. The highest BCUT2D eigenvalue weighted by Gasteiger charge is 2.33. The highest BCUT2D eigenvalue weighted by Crippen LogP contribution is 2.28. The molecule has 1 atom stereocenters. The predicted molar refractivity (Wildman–Crippen MR) is 117 cm³/mol. The smallest absolute Gasteiger partial charge is 0.249 e. The van der Waals surface area contributed by atoms with Gasteiger partial charge in [0.1, 0.15) is 6.04 Å². The first-order valence-corrected chi connectivity index (χ1v) is 10.8. The average molecular weight is 422 g/mol. The molecule has 30 heavy (non-hydrogen) atoms. The second-order valence-electron chi connectivity index (χ2n) is 7.47. The predicted octanol–water partition coefficient (Wildman–Crippen LogP) is 4.22. The van der Waals surface area contributed by atoms with Gasteiger partial charge < -0.3 is 5.32 Å². The van der Waals surface area contributed by atoms with E-state index in [0.29, 0.717) is 28.5 Å². The molecule has 1 aliphatic heterocycles. The SMILES string of the molecule is CC(C)c1ccc(NC(=O)C2CC(=O)Nc3nc(SCc4ccccc4)nn32)cc1. The molecule has 4 rings (SSSR count). The van der Waals surface area contributed by atoms with Crippen molar-refractivity contribution in [2.75, 3.05) is 10.6 Å². The second-order valence-corrected chi connectivity index (χ2v) is 8.41. The fourth-order valence-electron chi connectivity index (χ4n) is 3.21. The number of aromatic nitrogens is 3. The van der Waals surface area contributed by atoms with Gasteiger partial charge in [-0.1, -0.05) is 68.1 Å². The molecule has 154 valence electrons. The van der Waals surface area contributed by atoms with Crippen LogP contribution in [0.1, 0.15) is 43.4 Å². The maximum atomic E-state index is 12.9. The Hall–Kier alpha value is -3.13. The molecule has 0 spiro atoms. The maximum absolute atomic E-state index is 12.9. The summed E-state index contributed by atoms with van der Waals surface area (Å²) in [5, 5.41) is 10.6. The lowest BCUT2D eigenvalue weighted by Gasteiger charge is -2.22. The first-order chi connectivity index (χ1) is 14.5. The standard InChI is InChI=1S/C22H23N5O2S/c1-14(2)16-8-10-17(11-9-16)23-20(29)18-12-19(28)24-21-25-22(26-27(18)21)30-13-15-6-4-3-5-7-15/h3-11,14,18H,12-13H2,1-2H3,(H,23,29)(H,24,25,26,28). The van der Waals surface area contributed by atoms with Crippen molar-refractivity contribution in [2.24, 2.45) is 0 Å². The molecular formula is C22H23N5O2S. The Kier molecular flexibility index (Phi) is 5.85. The van der Waals surface area contributed by atoms with Gasteiger partial charge in [0.25, 0.3) is 0 Å². The summed E-state index contributed by atoms with van der Waals surface area (Å²) in [6, 6.07) is 17.0. The van der Waals surface area contributed by atoms with Crippen molar-refractivity contribution in [1.82, 2.24) is 14.8 Å². The van der Waals surface area contributed by atoms with Gasteiger partial charge in [0.2, 0.25) is 22.9 Å². The Bertz CT molecular complexity index is 1050. The summed E-state index contributed by atoms with van der Waals surface area (Å²) in [4.78, 5) is 29.4. The third kappa shape index (κ3) is 4.54. The third-order valence-electron chi connectivity index (χ3n) is 4.90. The number of hydrogen-bond acceptors (Lipinski definition) is 5. The van der Waals surface area contributed by atoms with Crippen LogP contribution < -0.4 is 10.6 Å². The molecule has 7 nitrogen and oxygen atoms in total. The van der Waals surface area contributed by atoms with E-state index < -0.39 is 6.04 Å². The number of rotatable bonds is 6. The number of carbonyl (C=O) groups is 2. The van der Waals surface area contributed by atoms with Gasteiger partial charge in [-0.05, 0) is 29.2 Å². The number of nitrogens with one attached hydrogen (secondary N) is 2. The van der Waals surface area contributed by atoms with Crippen LogP contribution in [0.4, 0.5) is 11.6 Å². The lowest BCUT2D eigenvalue weighted by Crippen LogP contribution is -2.36. The van der Waals surface area contributed by atoms with E-state index in [1.807, 2.05) is 54.6 Å². The van der Waals surface area contributed by atoms with Gasteiger partial charge in [-0.25, -0.2) is 4.68 Å². The van der Waals surface area contributed by atoms with E-state index >= 15 is 0 Å². The topological polar surface area (TPSA) is 88.9 Å². The molecule has 2 heterocycles. The van der Waals surface area contributed by atoms with E-state index in [1.54, 1.807) is 0 Å². The monoisotopic (exact) mass is 421 g/mol. The number of thioether (sulfide) groups is 1. The van der Waals surface area contributed by atoms with Gasteiger partial charge in [0.05, 0.1) is 6.42 Å². The van der Waals surface area contributed by atoms with E-state index in [0.717, 1.165) is 5.56 Å². The number of benzene rings is 2. The Morgan fingerprint density at radius 1 is 1.20 bits per heavy atom. The number of nitrogens with zero attached hydrogens (tertiary/aromatic N) is 3. The van der Waals surface area contributed by atoms with Gasteiger partial charge in [0.15, 0.2) is 0 Å². The van der Waals surface area contributed by atoms with Crippen molar-refractivity contribution in [2.45, 2.75) is 43.1 Å². The molecule has 0 saturated heterocycles. The highest BCUT2D eigenvalue weighted by molar-refractivity contribution is 7.98. The molecule has 2 aromatic carbocycles. The molecular weight excluding hydrogens is 398 g/mol. The quantitative estimate of drug-likeness (QED) is 0.582. The Morgan fingerprint density at radius 3 is 2.63 bits per heavy atom. The molecule has 3 aromatic rings. The summed E-state index contributed by atoms with van der Waals surface area (Å²) in [6.07, 6.45) is 0.0229. The van der Waals surface area contributed by atoms with E-state index in [1.165, 1.54) is 22.0 Å². The fourth-order valence-corrected chi connectivity index (χ4v) is 3.99. The molecule has 0 bridgehead atoms. The lowest BCUT2D eigenvalue weighted by atomic mass is 10.0. The van der Waals surface area contributed by atoms with E-state index in [9.17, 15) is 9.59 Å². The van der Waals surface area contributed by atoms with Gasteiger partial charge in [0, 0.05) is 11.4 Å². The first-order valence-electron chi connectivity index (χ1n) is 9.83. The van der Waals surface area contributed by atoms with Gasteiger partial charge >= 0.3 is 0 Å². The van der Waals surface area contributed by atoms with Crippen LogP contribution in [0, 0.1) is 0 Å². The van der Waals surface area contributed by atoms with Crippen LogP contribution in [0.15, 0.2) is 59.8 Å². The van der Waals surface area contributed by atoms with Crippen LogP contribution in [0.25, 0.3) is 0 Å². The molecule has 0 radical (unpaired) electrons. The Labute approximate surface area is 179 Å². The third-order valence-corrected chi connectivity index (χ3v) is 5.80. The number of carbonyl (C=O) groups excluding carboxylic acids is 2. The van der Waals surface area contributed by atoms with Gasteiger partial charge in [-0.2, -0.15) is 4.98 Å². The normalized spacial score (nSPS) is 15.6. The summed E-state index contributed by atoms with van der Waals surface area (Å²) in [5.74, 6) is 0.897. The van der Waals surface area contributed by atoms with E-state index in [2.05, 4.69) is 34.6 Å². The van der Waals surface area contributed by atoms with Crippen molar-refractivity contribution in [3.05, 3.63) is 65.7 Å². The fraction of sp³-hybridized carbons (Fsp3) is 0.273. The maximum Gasteiger partial charge on any atom is 0.249 e. The van der Waals surface area contributed by atoms with Crippen LogP contribution >= 0.6 is 11.8 Å². The molecule has 8 heteroatoms. The minimum atomic E-state index is -0.739. The minimum absolute atomic E-state index is 0.0229. The number of hydrogen-bond donors (Lipinski definition) is 2. The van der Waals surface area contributed by atoms with E-state index in [4.69, 9.17) is 0 Å². The zero-order chi connectivity index (χ0) is 21.1. The molecule has 0 saturated carbocycles. The summed E-state index contributed by atoms with van der Waals surface area (Å²) in [7, 11) is 0. The van der Waals surface area contributed by atoms with Gasteiger partial charge in [-0.3, -0.25) is 14.9 Å². The summed E-state index contributed by atoms with van der Waals surface area (Å²) in [5.41, 5.74) is 3.04.